The van der Waals surface area contributed by atoms with Crippen LogP contribution in [0.2, 0.25) is 0 Å². The van der Waals surface area contributed by atoms with E-state index < -0.39 is 0 Å². The van der Waals surface area contributed by atoms with E-state index in [0.717, 1.165) is 12.8 Å². The fourth-order valence-corrected chi connectivity index (χ4v) is 2.27. The topological polar surface area (TPSA) is 60.0 Å². The molecule has 0 aromatic rings. The largest absolute Gasteiger partial charge is 4.00 e. The minimum atomic E-state index is 0. The summed E-state index contributed by atoms with van der Waals surface area (Å²) in [6.07, 6.45) is 21.8. The van der Waals surface area contributed by atoms with E-state index in [1.54, 1.807) is 0 Å². The van der Waals surface area contributed by atoms with E-state index in [1.165, 1.54) is 89.9 Å². The third kappa shape index (κ3) is 45.0. The summed E-state index contributed by atoms with van der Waals surface area (Å²) in [5.74, 6) is 0. The first kappa shape index (κ1) is 35.0. The Morgan fingerprint density at radius 1 is 0.435 bits per heavy atom. The van der Waals surface area contributed by atoms with Gasteiger partial charge in [-0.3, -0.25) is 0 Å². The molecule has 0 bridgehead atoms. The van der Waals surface area contributed by atoms with Crippen molar-refractivity contribution in [2.75, 3.05) is 0 Å². The molecule has 0 heterocycles. The maximum Gasteiger partial charge on any atom is 4.00 e. The van der Waals surface area contributed by atoms with Gasteiger partial charge in [0.05, 0.1) is 0 Å². The van der Waals surface area contributed by atoms with Gasteiger partial charge in [-0.2, -0.15) is 12.8 Å². The van der Waals surface area contributed by atoms with Crippen LogP contribution in [0.3, 0.4) is 0 Å². The first-order chi connectivity index (χ1) is 9.83. The molecule has 0 aliphatic heterocycles. The average Bonchev–Trinajstić information content (AvgIpc) is 2.47. The number of rotatable bonds is 14. The second kappa shape index (κ2) is 38.4. The zero-order chi connectivity index (χ0) is 15.3. The predicted octanol–water partition coefficient (Wildman–Crippen LogP) is 7.57. The molecule has 0 radical (unpaired) electrons. The van der Waals surface area contributed by atoms with E-state index in [0.29, 0.717) is 0 Å². The van der Waals surface area contributed by atoms with Crippen LogP contribution in [0.25, 0.3) is 0 Å². The Morgan fingerprint density at radius 3 is 0.870 bits per heavy atom. The van der Waals surface area contributed by atoms with E-state index >= 15 is 0 Å². The van der Waals surface area contributed by atoms with Crippen molar-refractivity contribution < 1.29 is 37.2 Å². The summed E-state index contributed by atoms with van der Waals surface area (Å²) in [7, 11) is 0. The molecule has 0 aliphatic carbocycles. The van der Waals surface area contributed by atoms with Gasteiger partial charge < -0.3 is 24.8 Å². The molecular weight excluding hydrogens is 363 g/mol. The molecule has 0 aliphatic rings. The molecule has 23 heavy (non-hydrogen) atoms. The number of hydrogen-bond donors (Lipinski definition) is 0. The Balaban J connectivity index is -0.0000000831. The molecule has 0 saturated carbocycles. The van der Waals surface area contributed by atoms with Crippen LogP contribution < -0.4 is 0 Å². The molecule has 3 heteroatoms. The predicted molar refractivity (Wildman–Crippen MR) is 99.8 cm³/mol. The fourth-order valence-electron chi connectivity index (χ4n) is 2.27. The van der Waals surface area contributed by atoms with Gasteiger partial charge in [0.15, 0.2) is 0 Å². The third-order valence-corrected chi connectivity index (χ3v) is 3.71. The molecule has 0 aromatic carbocycles. The van der Waals surface area contributed by atoms with E-state index in [2.05, 4.69) is 27.7 Å². The average molecular weight is 408 g/mol. The van der Waals surface area contributed by atoms with E-state index in [1.807, 2.05) is 0 Å². The first-order valence-electron chi connectivity index (χ1n) is 9.41. The van der Waals surface area contributed by atoms with Gasteiger partial charge in [-0.25, -0.2) is 0 Å². The summed E-state index contributed by atoms with van der Waals surface area (Å²) < 4.78 is 0. The minimum Gasteiger partial charge on any atom is -0.870 e. The van der Waals surface area contributed by atoms with Crippen molar-refractivity contribution in [2.24, 2.45) is 0 Å². The van der Waals surface area contributed by atoms with Crippen LogP contribution in [-0.2, 0) is 26.2 Å². The monoisotopic (exact) mass is 406 g/mol. The maximum absolute atomic E-state index is 3.82. The molecule has 0 unspecified atom stereocenters. The van der Waals surface area contributed by atoms with Crippen molar-refractivity contribution in [2.45, 2.75) is 117 Å². The smallest absolute Gasteiger partial charge is 0.870 e. The zero-order valence-electron chi connectivity index (χ0n) is 16.1. The van der Waals surface area contributed by atoms with Gasteiger partial charge in [-0.05, 0) is 0 Å². The fraction of sp³-hybridized carbons (Fsp3) is 0.900. The Morgan fingerprint density at radius 2 is 0.652 bits per heavy atom. The minimum absolute atomic E-state index is 0. The van der Waals surface area contributed by atoms with Crippen molar-refractivity contribution >= 4 is 0 Å². The van der Waals surface area contributed by atoms with Crippen LogP contribution in [0.4, 0.5) is 0 Å². The summed E-state index contributed by atoms with van der Waals surface area (Å²) in [5.41, 5.74) is 0. The van der Waals surface area contributed by atoms with Crippen molar-refractivity contribution in [3.63, 3.8) is 0 Å². The zero-order valence-corrected chi connectivity index (χ0v) is 18.6. The van der Waals surface area contributed by atoms with Gasteiger partial charge in [0, 0.05) is 0 Å². The second-order valence-electron chi connectivity index (χ2n) is 5.95. The van der Waals surface area contributed by atoms with Crippen LogP contribution >= 0.6 is 0 Å². The van der Waals surface area contributed by atoms with Gasteiger partial charge >= 0.3 is 26.2 Å². The van der Waals surface area contributed by atoms with Gasteiger partial charge in [0.2, 0.25) is 0 Å². The van der Waals surface area contributed by atoms with E-state index in [-0.39, 0.29) is 37.2 Å². The van der Waals surface area contributed by atoms with Crippen LogP contribution in [0.1, 0.15) is 117 Å². The summed E-state index contributed by atoms with van der Waals surface area (Å²) in [6.45, 7) is 12.2. The molecule has 0 saturated heterocycles. The second-order valence-corrected chi connectivity index (χ2v) is 5.95. The van der Waals surface area contributed by atoms with Crippen LogP contribution in [0.5, 0.6) is 0 Å². The molecule has 140 valence electrons. The first-order valence-corrected chi connectivity index (χ1v) is 9.41. The van der Waals surface area contributed by atoms with Gasteiger partial charge in [0.25, 0.3) is 0 Å². The third-order valence-electron chi connectivity index (χ3n) is 3.71. The summed E-state index contributed by atoms with van der Waals surface area (Å²) in [5, 5.41) is 0. The van der Waals surface area contributed by atoms with Gasteiger partial charge in [-0.15, -0.1) is 0 Å². The van der Waals surface area contributed by atoms with Crippen molar-refractivity contribution in [1.29, 1.82) is 0 Å². The van der Waals surface area contributed by atoms with Gasteiger partial charge in [0.1, 0.15) is 0 Å². The number of unbranched alkanes of at least 4 members (excludes halogenated alkanes) is 14. The summed E-state index contributed by atoms with van der Waals surface area (Å²) in [4.78, 5) is 0. The van der Waals surface area contributed by atoms with E-state index in [4.69, 9.17) is 0 Å². The van der Waals surface area contributed by atoms with Crippen LogP contribution in [-0.4, -0.2) is 11.0 Å². The van der Waals surface area contributed by atoms with Crippen molar-refractivity contribution in [3.8, 4) is 0 Å². The molecule has 0 amide bonds. The number of hydrogen-bond acceptors (Lipinski definition) is 2. The maximum atomic E-state index is 3.82. The molecular formula is C20H44O2Zr. The summed E-state index contributed by atoms with van der Waals surface area (Å²) >= 11 is 0. The Bertz CT molecular complexity index is 112. The normalized spacial score (nSPS) is 8.87. The quantitative estimate of drug-likeness (QED) is 0.220. The molecule has 0 atom stereocenters. The Hall–Kier alpha value is 0.803. The Labute approximate surface area is 167 Å². The Kier molecular flexibility index (Phi) is 58.4. The summed E-state index contributed by atoms with van der Waals surface area (Å²) in [6, 6.07) is 0. The van der Waals surface area contributed by atoms with Crippen LogP contribution in [0.15, 0.2) is 0 Å². The molecule has 2 N–H and O–H groups in total. The van der Waals surface area contributed by atoms with Crippen molar-refractivity contribution in [1.82, 2.24) is 0 Å². The van der Waals surface area contributed by atoms with Crippen LogP contribution in [0, 0.1) is 13.8 Å². The molecule has 0 fully saturated rings. The van der Waals surface area contributed by atoms with Crippen molar-refractivity contribution in [3.05, 3.63) is 13.8 Å². The SMILES string of the molecule is [CH2-]CCCCCCCCC.[CH2-]CCCCCCCCC.[OH-].[OH-].[Zr+4]. The van der Waals surface area contributed by atoms with Gasteiger partial charge in [-0.1, -0.05) is 104 Å². The molecule has 0 spiro atoms. The standard InChI is InChI=1S/2C10H21.2H2O.Zr/c2*1-3-5-7-9-10-8-6-4-2;;;/h2*1,3-10H2,2H3;2*1H2;/q2*-1;;;+4/p-2. The molecule has 2 nitrogen and oxygen atoms in total. The van der Waals surface area contributed by atoms with E-state index in [9.17, 15) is 0 Å². The molecule has 0 rings (SSSR count). The molecule has 0 aromatic heterocycles.